The topological polar surface area (TPSA) is 35.2 Å². The summed E-state index contributed by atoms with van der Waals surface area (Å²) in [7, 11) is 0. The lowest BCUT2D eigenvalue weighted by atomic mass is 9.98. The van der Waals surface area contributed by atoms with Gasteiger partial charge in [-0.05, 0) is 35.6 Å². The summed E-state index contributed by atoms with van der Waals surface area (Å²) in [6.07, 6.45) is 5.52. The highest BCUT2D eigenvalue weighted by Gasteiger charge is 2.24. The lowest BCUT2D eigenvalue weighted by Crippen LogP contribution is -1.96. The molecule has 2 aliphatic rings. The van der Waals surface area contributed by atoms with Gasteiger partial charge in [-0.3, -0.25) is 0 Å². The van der Waals surface area contributed by atoms with E-state index in [0.717, 1.165) is 31.6 Å². The molecule has 0 atom stereocenters. The molecule has 1 aromatic carbocycles. The van der Waals surface area contributed by atoms with Crippen molar-refractivity contribution in [1.29, 1.82) is 0 Å². The van der Waals surface area contributed by atoms with Crippen LogP contribution in [0.15, 0.2) is 18.2 Å². The van der Waals surface area contributed by atoms with E-state index in [9.17, 15) is 0 Å². The number of rotatable bonds is 1. The smallest absolute Gasteiger partial charge is 0.123 e. The van der Waals surface area contributed by atoms with Crippen molar-refractivity contribution < 1.29 is 4.74 Å². The highest BCUT2D eigenvalue weighted by molar-refractivity contribution is 5.85. The van der Waals surface area contributed by atoms with Crippen LogP contribution < -0.4 is 10.5 Å². The molecule has 0 fully saturated rings. The van der Waals surface area contributed by atoms with Gasteiger partial charge in [0, 0.05) is 18.5 Å². The molecule has 1 heterocycles. The fraction of sp³-hybridized carbons (Fsp3) is 0.385. The molecule has 2 N–H and O–H groups in total. The quantitative estimate of drug-likeness (QED) is 0.814. The summed E-state index contributed by atoms with van der Waals surface area (Å²) in [5, 5.41) is 0. The minimum absolute atomic E-state index is 0. The van der Waals surface area contributed by atoms with E-state index in [4.69, 9.17) is 10.5 Å². The van der Waals surface area contributed by atoms with E-state index in [2.05, 4.69) is 18.2 Å². The van der Waals surface area contributed by atoms with E-state index in [-0.39, 0.29) is 12.4 Å². The molecule has 0 radical (unpaired) electrons. The third-order valence-electron chi connectivity index (χ3n) is 3.31. The molecule has 1 aromatic rings. The second kappa shape index (κ2) is 4.48. The molecule has 0 aromatic heterocycles. The molecule has 2 nitrogen and oxygen atoms in total. The summed E-state index contributed by atoms with van der Waals surface area (Å²) >= 11 is 0. The summed E-state index contributed by atoms with van der Waals surface area (Å²) in [5.41, 5.74) is 11.3. The molecular formula is C13H16ClNO. The van der Waals surface area contributed by atoms with Crippen LogP contribution in [0.1, 0.15) is 23.1 Å². The number of fused-ring (bicyclic) bond motifs is 3. The van der Waals surface area contributed by atoms with Crippen molar-refractivity contribution in [3.05, 3.63) is 34.9 Å². The van der Waals surface area contributed by atoms with Crippen molar-refractivity contribution in [2.45, 2.75) is 19.3 Å². The fourth-order valence-electron chi connectivity index (χ4n) is 2.67. The number of nitrogens with two attached hydrogens (primary N) is 1. The van der Waals surface area contributed by atoms with Crippen LogP contribution in [0.3, 0.4) is 0 Å². The van der Waals surface area contributed by atoms with Crippen molar-refractivity contribution in [3.8, 4) is 5.75 Å². The van der Waals surface area contributed by atoms with Crippen LogP contribution >= 0.6 is 12.4 Å². The Kier molecular flexibility index (Phi) is 3.22. The van der Waals surface area contributed by atoms with Crippen LogP contribution in [-0.2, 0) is 12.8 Å². The maximum Gasteiger partial charge on any atom is 0.123 e. The average Bonchev–Trinajstić information content (AvgIpc) is 2.83. The van der Waals surface area contributed by atoms with Gasteiger partial charge in [0.1, 0.15) is 5.75 Å². The van der Waals surface area contributed by atoms with E-state index in [1.165, 1.54) is 22.3 Å². The Bertz CT molecular complexity index is 440. The van der Waals surface area contributed by atoms with Crippen LogP contribution in [0.5, 0.6) is 5.75 Å². The second-order valence-corrected chi connectivity index (χ2v) is 4.14. The molecule has 86 valence electrons. The third-order valence-corrected chi connectivity index (χ3v) is 3.31. The van der Waals surface area contributed by atoms with E-state index in [1.54, 1.807) is 0 Å². The third kappa shape index (κ3) is 1.62. The van der Waals surface area contributed by atoms with E-state index < -0.39 is 0 Å². The molecule has 0 saturated heterocycles. The van der Waals surface area contributed by atoms with Crippen LogP contribution in [0.4, 0.5) is 0 Å². The number of aryl methyl sites for hydroxylation is 1. The summed E-state index contributed by atoms with van der Waals surface area (Å²) in [5.74, 6) is 1.08. The SMILES string of the molecule is Cl.NC/C=C1/CCc2ccc3c(c21)CCO3. The van der Waals surface area contributed by atoms with E-state index in [0.29, 0.717) is 6.54 Å². The number of allylic oxidation sites excluding steroid dienone is 1. The number of halogens is 1. The van der Waals surface area contributed by atoms with Gasteiger partial charge in [-0.25, -0.2) is 0 Å². The van der Waals surface area contributed by atoms with Gasteiger partial charge in [0.2, 0.25) is 0 Å². The molecule has 1 aliphatic carbocycles. The lowest BCUT2D eigenvalue weighted by Gasteiger charge is -2.07. The van der Waals surface area contributed by atoms with Gasteiger partial charge in [0.25, 0.3) is 0 Å². The molecule has 0 unspecified atom stereocenters. The zero-order chi connectivity index (χ0) is 10.3. The standard InChI is InChI=1S/C13H15NO.ClH/c14-7-5-10-2-1-9-3-4-12-11(13(9)10)6-8-15-12;/h3-5H,1-2,6-8,14H2;1H/b10-5-;. The summed E-state index contributed by atoms with van der Waals surface area (Å²) in [6.45, 7) is 1.47. The van der Waals surface area contributed by atoms with E-state index >= 15 is 0 Å². The molecule has 3 rings (SSSR count). The van der Waals surface area contributed by atoms with Crippen LogP contribution in [-0.4, -0.2) is 13.2 Å². The predicted molar refractivity (Wildman–Crippen MR) is 68.2 cm³/mol. The van der Waals surface area contributed by atoms with Crippen LogP contribution in [0.2, 0.25) is 0 Å². The van der Waals surface area contributed by atoms with Gasteiger partial charge in [-0.15, -0.1) is 12.4 Å². The highest BCUT2D eigenvalue weighted by Crippen LogP contribution is 2.40. The zero-order valence-corrected chi connectivity index (χ0v) is 9.98. The number of benzene rings is 1. The Hall–Kier alpha value is -0.990. The summed E-state index contributed by atoms with van der Waals surface area (Å²) in [6, 6.07) is 4.32. The fourth-order valence-corrected chi connectivity index (χ4v) is 2.67. The van der Waals surface area contributed by atoms with Crippen LogP contribution in [0, 0.1) is 0 Å². The van der Waals surface area contributed by atoms with Gasteiger partial charge < -0.3 is 10.5 Å². The van der Waals surface area contributed by atoms with Crippen LogP contribution in [0.25, 0.3) is 5.57 Å². The Morgan fingerprint density at radius 2 is 2.12 bits per heavy atom. The molecule has 0 spiro atoms. The average molecular weight is 238 g/mol. The number of hydrogen-bond acceptors (Lipinski definition) is 2. The van der Waals surface area contributed by atoms with Gasteiger partial charge in [-0.2, -0.15) is 0 Å². The maximum absolute atomic E-state index is 5.60. The minimum atomic E-state index is 0. The second-order valence-electron chi connectivity index (χ2n) is 4.14. The molecule has 3 heteroatoms. The zero-order valence-electron chi connectivity index (χ0n) is 9.16. The van der Waals surface area contributed by atoms with Crippen molar-refractivity contribution in [3.63, 3.8) is 0 Å². The van der Waals surface area contributed by atoms with Crippen molar-refractivity contribution in [1.82, 2.24) is 0 Å². The summed E-state index contributed by atoms with van der Waals surface area (Å²) in [4.78, 5) is 0. The first kappa shape index (κ1) is 11.5. The molecule has 16 heavy (non-hydrogen) atoms. The Labute approximate surface area is 102 Å². The van der Waals surface area contributed by atoms with Crippen molar-refractivity contribution in [2.24, 2.45) is 5.73 Å². The molecule has 0 saturated carbocycles. The Morgan fingerprint density at radius 3 is 2.94 bits per heavy atom. The molecule has 0 bridgehead atoms. The highest BCUT2D eigenvalue weighted by atomic mass is 35.5. The monoisotopic (exact) mass is 237 g/mol. The lowest BCUT2D eigenvalue weighted by molar-refractivity contribution is 0.357. The Balaban J connectivity index is 0.000000963. The van der Waals surface area contributed by atoms with E-state index in [1.807, 2.05) is 0 Å². The molecular weight excluding hydrogens is 222 g/mol. The largest absolute Gasteiger partial charge is 0.493 e. The number of ether oxygens (including phenoxy) is 1. The van der Waals surface area contributed by atoms with Gasteiger partial charge in [-0.1, -0.05) is 12.1 Å². The molecule has 0 amide bonds. The Morgan fingerprint density at radius 1 is 1.25 bits per heavy atom. The first-order valence-corrected chi connectivity index (χ1v) is 5.57. The first-order chi connectivity index (χ1) is 7.40. The van der Waals surface area contributed by atoms with Gasteiger partial charge in [0.15, 0.2) is 0 Å². The summed E-state index contributed by atoms with van der Waals surface area (Å²) < 4.78 is 5.59. The minimum Gasteiger partial charge on any atom is -0.493 e. The molecule has 1 aliphatic heterocycles. The predicted octanol–water partition coefficient (Wildman–Crippen LogP) is 2.33. The van der Waals surface area contributed by atoms with Gasteiger partial charge >= 0.3 is 0 Å². The first-order valence-electron chi connectivity index (χ1n) is 5.57. The van der Waals surface area contributed by atoms with Crippen molar-refractivity contribution >= 4 is 18.0 Å². The van der Waals surface area contributed by atoms with Crippen molar-refractivity contribution in [2.75, 3.05) is 13.2 Å². The normalized spacial score (nSPS) is 18.9. The maximum atomic E-state index is 5.60. The number of hydrogen-bond donors (Lipinski definition) is 1. The van der Waals surface area contributed by atoms with Gasteiger partial charge in [0.05, 0.1) is 6.61 Å².